The van der Waals surface area contributed by atoms with Crippen LogP contribution < -0.4 is 5.56 Å². The lowest BCUT2D eigenvalue weighted by molar-refractivity contribution is 0.906. The van der Waals surface area contributed by atoms with Crippen LogP contribution in [0.25, 0.3) is 0 Å². The smallest absolute Gasteiger partial charge is 0.255 e. The summed E-state index contributed by atoms with van der Waals surface area (Å²) < 4.78 is 0.380. The normalized spacial score (nSPS) is 10.4. The highest BCUT2D eigenvalue weighted by Crippen LogP contribution is 2.08. The van der Waals surface area contributed by atoms with E-state index in [1.807, 2.05) is 19.1 Å². The third-order valence-corrected chi connectivity index (χ3v) is 2.82. The summed E-state index contributed by atoms with van der Waals surface area (Å²) in [5.41, 5.74) is 2.59. The summed E-state index contributed by atoms with van der Waals surface area (Å²) in [6.45, 7) is 2.00. The van der Waals surface area contributed by atoms with Gasteiger partial charge in [-0.15, -0.1) is 0 Å². The van der Waals surface area contributed by atoms with Crippen molar-refractivity contribution in [1.82, 2.24) is 15.0 Å². The van der Waals surface area contributed by atoms with E-state index in [4.69, 9.17) is 12.2 Å². The topological polar surface area (TPSA) is 61.5 Å². The molecular formula is C12H13N3OS. The summed E-state index contributed by atoms with van der Waals surface area (Å²) >= 11 is 4.96. The molecule has 5 heteroatoms. The van der Waals surface area contributed by atoms with Gasteiger partial charge in [-0.2, -0.15) is 0 Å². The minimum atomic E-state index is -0.109. The van der Waals surface area contributed by atoms with E-state index in [2.05, 4.69) is 15.0 Å². The van der Waals surface area contributed by atoms with Crippen molar-refractivity contribution in [1.29, 1.82) is 0 Å². The second kappa shape index (κ2) is 5.05. The fraction of sp³-hybridized carbons (Fsp3) is 0.250. The molecule has 88 valence electrons. The minimum Gasteiger partial charge on any atom is -0.336 e. The van der Waals surface area contributed by atoms with Gasteiger partial charge in [0.25, 0.3) is 5.56 Å². The summed E-state index contributed by atoms with van der Waals surface area (Å²) in [6.07, 6.45) is 4.79. The molecule has 0 bridgehead atoms. The molecule has 2 aromatic heterocycles. The fourth-order valence-corrected chi connectivity index (χ4v) is 1.97. The predicted octanol–water partition coefficient (Wildman–Crippen LogP) is 1.98. The first-order chi connectivity index (χ1) is 8.20. The molecule has 0 aliphatic carbocycles. The van der Waals surface area contributed by atoms with Crippen molar-refractivity contribution in [3.8, 4) is 0 Å². The molecule has 0 saturated carbocycles. The number of H-pyrrole nitrogens is 2. The van der Waals surface area contributed by atoms with Crippen LogP contribution in [0.3, 0.4) is 0 Å². The van der Waals surface area contributed by atoms with Gasteiger partial charge in [-0.3, -0.25) is 14.8 Å². The zero-order chi connectivity index (χ0) is 12.3. The highest BCUT2D eigenvalue weighted by molar-refractivity contribution is 7.71. The zero-order valence-electron chi connectivity index (χ0n) is 9.49. The number of hydrogen-bond donors (Lipinski definition) is 2. The molecule has 0 aromatic carbocycles. The number of hydrogen-bond acceptors (Lipinski definition) is 3. The van der Waals surface area contributed by atoms with E-state index in [-0.39, 0.29) is 5.56 Å². The van der Waals surface area contributed by atoms with Crippen LogP contribution in [0.2, 0.25) is 0 Å². The first kappa shape index (κ1) is 11.7. The van der Waals surface area contributed by atoms with Crippen LogP contribution in [0, 0.1) is 4.77 Å². The maximum Gasteiger partial charge on any atom is 0.255 e. The third-order valence-electron chi connectivity index (χ3n) is 2.61. The molecule has 2 heterocycles. The molecule has 0 radical (unpaired) electrons. The quantitative estimate of drug-likeness (QED) is 0.815. The average molecular weight is 247 g/mol. The van der Waals surface area contributed by atoms with Gasteiger partial charge >= 0.3 is 0 Å². The van der Waals surface area contributed by atoms with Crippen molar-refractivity contribution in [2.24, 2.45) is 0 Å². The highest BCUT2D eigenvalue weighted by Gasteiger charge is 2.07. The molecular weight excluding hydrogens is 234 g/mol. The van der Waals surface area contributed by atoms with Crippen LogP contribution in [-0.2, 0) is 12.8 Å². The van der Waals surface area contributed by atoms with Crippen molar-refractivity contribution in [2.75, 3.05) is 0 Å². The van der Waals surface area contributed by atoms with Gasteiger partial charge in [-0.05, 0) is 36.3 Å². The fourth-order valence-electron chi connectivity index (χ4n) is 1.75. The Bertz CT molecular complexity index is 616. The van der Waals surface area contributed by atoms with Gasteiger partial charge in [0.05, 0.1) is 0 Å². The molecule has 17 heavy (non-hydrogen) atoms. The minimum absolute atomic E-state index is 0.109. The Balaban J connectivity index is 2.46. The number of nitrogens with one attached hydrogen (secondary N) is 2. The lowest BCUT2D eigenvalue weighted by Gasteiger charge is -2.06. The summed E-state index contributed by atoms with van der Waals surface area (Å²) in [5.74, 6) is 0. The monoisotopic (exact) mass is 247 g/mol. The van der Waals surface area contributed by atoms with E-state index in [0.29, 0.717) is 11.2 Å². The summed E-state index contributed by atoms with van der Waals surface area (Å²) in [6, 6.07) is 3.81. The Kier molecular flexibility index (Phi) is 3.49. The standard InChI is InChI=1S/C12H13N3OS/c1-2-10-9(11(16)15-12(17)14-10)7-8-3-5-13-6-4-8/h3-6H,2,7H2,1H3,(H2,14,15,16,17). The SMILES string of the molecule is CCc1[nH]c(=S)[nH]c(=O)c1Cc1ccncc1. The van der Waals surface area contributed by atoms with Crippen molar-refractivity contribution in [3.05, 3.63) is 56.5 Å². The van der Waals surface area contributed by atoms with Crippen LogP contribution in [-0.4, -0.2) is 15.0 Å². The highest BCUT2D eigenvalue weighted by atomic mass is 32.1. The molecule has 0 aliphatic heterocycles. The van der Waals surface area contributed by atoms with Gasteiger partial charge in [0.2, 0.25) is 0 Å². The third kappa shape index (κ3) is 2.68. The summed E-state index contributed by atoms with van der Waals surface area (Å²) in [5, 5.41) is 0. The number of aromatic nitrogens is 3. The van der Waals surface area contributed by atoms with Crippen LogP contribution in [0.15, 0.2) is 29.3 Å². The number of pyridine rings is 1. The predicted molar refractivity (Wildman–Crippen MR) is 68.7 cm³/mol. The maximum absolute atomic E-state index is 11.9. The number of aromatic amines is 2. The Morgan fingerprint density at radius 2 is 2.00 bits per heavy atom. The Morgan fingerprint density at radius 1 is 1.29 bits per heavy atom. The lowest BCUT2D eigenvalue weighted by Crippen LogP contribution is -2.18. The van der Waals surface area contributed by atoms with Gasteiger partial charge in [-0.25, -0.2) is 0 Å². The number of rotatable bonds is 3. The van der Waals surface area contributed by atoms with Gasteiger partial charge in [0, 0.05) is 30.1 Å². The van der Waals surface area contributed by atoms with Gasteiger partial charge in [0.1, 0.15) is 0 Å². The maximum atomic E-state index is 11.9. The Labute approximate surface area is 104 Å². The summed E-state index contributed by atoms with van der Waals surface area (Å²) in [7, 11) is 0. The average Bonchev–Trinajstić information content (AvgIpc) is 2.33. The van der Waals surface area contributed by atoms with Crippen molar-refractivity contribution in [3.63, 3.8) is 0 Å². The van der Waals surface area contributed by atoms with Gasteiger partial charge in [0.15, 0.2) is 4.77 Å². The van der Waals surface area contributed by atoms with Crippen LogP contribution >= 0.6 is 12.2 Å². The van der Waals surface area contributed by atoms with E-state index < -0.39 is 0 Å². The molecule has 0 spiro atoms. The molecule has 0 atom stereocenters. The summed E-state index contributed by atoms with van der Waals surface area (Å²) in [4.78, 5) is 21.5. The Hall–Kier alpha value is -1.75. The van der Waals surface area contributed by atoms with Crippen LogP contribution in [0.1, 0.15) is 23.7 Å². The number of aryl methyl sites for hydroxylation is 1. The first-order valence-electron chi connectivity index (χ1n) is 5.44. The van der Waals surface area contributed by atoms with Crippen molar-refractivity contribution in [2.45, 2.75) is 19.8 Å². The zero-order valence-corrected chi connectivity index (χ0v) is 10.3. The van der Waals surface area contributed by atoms with E-state index in [9.17, 15) is 4.79 Å². The molecule has 0 unspecified atom stereocenters. The van der Waals surface area contributed by atoms with Crippen molar-refractivity contribution < 1.29 is 0 Å². The number of nitrogens with zero attached hydrogens (tertiary/aromatic N) is 1. The Morgan fingerprint density at radius 3 is 2.65 bits per heavy atom. The van der Waals surface area contributed by atoms with E-state index in [1.165, 1.54) is 0 Å². The van der Waals surface area contributed by atoms with Gasteiger partial charge < -0.3 is 4.98 Å². The molecule has 0 fully saturated rings. The molecule has 0 saturated heterocycles. The molecule has 2 rings (SSSR count). The van der Waals surface area contributed by atoms with Crippen LogP contribution in [0.4, 0.5) is 0 Å². The van der Waals surface area contributed by atoms with Crippen molar-refractivity contribution >= 4 is 12.2 Å². The first-order valence-corrected chi connectivity index (χ1v) is 5.84. The molecule has 0 aliphatic rings. The van der Waals surface area contributed by atoms with E-state index in [1.54, 1.807) is 12.4 Å². The lowest BCUT2D eigenvalue weighted by atomic mass is 10.0. The molecule has 2 aromatic rings. The van der Waals surface area contributed by atoms with Crippen LogP contribution in [0.5, 0.6) is 0 Å². The van der Waals surface area contributed by atoms with E-state index in [0.717, 1.165) is 23.2 Å². The second-order valence-electron chi connectivity index (χ2n) is 3.75. The van der Waals surface area contributed by atoms with Gasteiger partial charge in [-0.1, -0.05) is 6.92 Å². The molecule has 4 nitrogen and oxygen atoms in total. The molecule has 2 N–H and O–H groups in total. The largest absolute Gasteiger partial charge is 0.336 e. The van der Waals surface area contributed by atoms with E-state index >= 15 is 0 Å². The molecule has 0 amide bonds. The second-order valence-corrected chi connectivity index (χ2v) is 4.16.